The maximum absolute atomic E-state index is 13.4. The number of nitrogens with zero attached hydrogens (tertiary/aromatic N) is 4. The number of hydrogen-bond acceptors (Lipinski definition) is 6. The fraction of sp³-hybridized carbons (Fsp3) is 0.296. The first-order valence-corrected chi connectivity index (χ1v) is 13.8. The first-order valence-electron chi connectivity index (χ1n) is 12.1. The molecule has 1 fully saturated rings. The van der Waals surface area contributed by atoms with E-state index in [4.69, 9.17) is 4.74 Å². The molecule has 3 heterocycles. The SMILES string of the molecule is CN1CCC(N(Cc2ccc(F)cc2)C(=O)NCc2ccc(Oc3ncnc4c(Br)csc34)cc2)CC1. The summed E-state index contributed by atoms with van der Waals surface area (Å²) in [6.07, 6.45) is 3.31. The van der Waals surface area contributed by atoms with Gasteiger partial charge in [0.05, 0.1) is 4.47 Å². The second-order valence-electron chi connectivity index (χ2n) is 9.13. The van der Waals surface area contributed by atoms with Crippen molar-refractivity contribution in [2.75, 3.05) is 20.1 Å². The van der Waals surface area contributed by atoms with Crippen molar-refractivity contribution in [1.82, 2.24) is 25.1 Å². The number of fused-ring (bicyclic) bond motifs is 1. The number of hydrogen-bond donors (Lipinski definition) is 1. The Bertz CT molecular complexity index is 1360. The Morgan fingerprint density at radius 3 is 2.57 bits per heavy atom. The van der Waals surface area contributed by atoms with E-state index in [1.54, 1.807) is 12.1 Å². The third-order valence-electron chi connectivity index (χ3n) is 6.52. The van der Waals surface area contributed by atoms with Gasteiger partial charge in [-0.3, -0.25) is 0 Å². The topological polar surface area (TPSA) is 70.6 Å². The molecule has 0 saturated carbocycles. The van der Waals surface area contributed by atoms with Gasteiger partial charge in [-0.05, 0) is 84.3 Å². The van der Waals surface area contributed by atoms with E-state index in [1.165, 1.54) is 29.8 Å². The number of halogens is 2. The molecular weight excluding hydrogens is 557 g/mol. The van der Waals surface area contributed by atoms with Crippen LogP contribution in [-0.4, -0.2) is 52.0 Å². The summed E-state index contributed by atoms with van der Waals surface area (Å²) in [5, 5.41) is 5.03. The highest BCUT2D eigenvalue weighted by Crippen LogP contribution is 2.35. The van der Waals surface area contributed by atoms with Crippen LogP contribution in [0.5, 0.6) is 11.6 Å². The van der Waals surface area contributed by atoms with E-state index in [9.17, 15) is 9.18 Å². The van der Waals surface area contributed by atoms with Crippen LogP contribution in [0, 0.1) is 5.82 Å². The summed E-state index contributed by atoms with van der Waals surface area (Å²) in [6, 6.07) is 14.0. The number of likely N-dealkylation sites (tertiary alicyclic amines) is 1. The lowest BCUT2D eigenvalue weighted by molar-refractivity contribution is 0.127. The third-order valence-corrected chi connectivity index (χ3v) is 8.38. The average molecular weight is 585 g/mol. The molecule has 1 N–H and O–H groups in total. The zero-order chi connectivity index (χ0) is 25.8. The highest BCUT2D eigenvalue weighted by atomic mass is 79.9. The molecule has 2 aromatic carbocycles. The highest BCUT2D eigenvalue weighted by molar-refractivity contribution is 9.10. The van der Waals surface area contributed by atoms with Crippen LogP contribution in [0.4, 0.5) is 9.18 Å². The molecule has 0 unspecified atom stereocenters. The minimum atomic E-state index is -0.279. The number of aromatic nitrogens is 2. The molecule has 0 atom stereocenters. The van der Waals surface area contributed by atoms with E-state index in [1.807, 2.05) is 34.5 Å². The Balaban J connectivity index is 1.23. The van der Waals surface area contributed by atoms with Crippen molar-refractivity contribution in [1.29, 1.82) is 0 Å². The maximum atomic E-state index is 13.4. The number of rotatable bonds is 7. The molecule has 0 spiro atoms. The molecule has 0 bridgehead atoms. The van der Waals surface area contributed by atoms with Gasteiger partial charge in [0.2, 0.25) is 5.88 Å². The van der Waals surface area contributed by atoms with Gasteiger partial charge in [0.1, 0.15) is 28.1 Å². The van der Waals surface area contributed by atoms with Gasteiger partial charge in [0, 0.05) is 24.5 Å². The Morgan fingerprint density at radius 1 is 1.14 bits per heavy atom. The molecule has 5 rings (SSSR count). The van der Waals surface area contributed by atoms with Crippen LogP contribution in [0.3, 0.4) is 0 Å². The molecule has 2 amide bonds. The zero-order valence-electron chi connectivity index (χ0n) is 20.4. The number of amides is 2. The van der Waals surface area contributed by atoms with Crippen LogP contribution in [0.25, 0.3) is 10.2 Å². The molecule has 0 radical (unpaired) electrons. The smallest absolute Gasteiger partial charge is 0.318 e. The number of thiophene rings is 1. The number of carbonyl (C=O) groups excluding carboxylic acids is 1. The van der Waals surface area contributed by atoms with Crippen molar-refractivity contribution in [2.24, 2.45) is 0 Å². The second kappa shape index (κ2) is 11.5. The van der Waals surface area contributed by atoms with Crippen LogP contribution in [-0.2, 0) is 13.1 Å². The third kappa shape index (κ3) is 6.26. The van der Waals surface area contributed by atoms with Crippen LogP contribution in [0.15, 0.2) is 64.7 Å². The van der Waals surface area contributed by atoms with Gasteiger partial charge in [-0.2, -0.15) is 0 Å². The summed E-state index contributed by atoms with van der Waals surface area (Å²) in [4.78, 5) is 26.0. The molecule has 1 aliphatic rings. The highest BCUT2D eigenvalue weighted by Gasteiger charge is 2.27. The maximum Gasteiger partial charge on any atom is 0.318 e. The van der Waals surface area contributed by atoms with E-state index in [0.717, 1.165) is 51.7 Å². The lowest BCUT2D eigenvalue weighted by atomic mass is 10.0. The first-order chi connectivity index (χ1) is 18.0. The molecule has 1 saturated heterocycles. The monoisotopic (exact) mass is 583 g/mol. The summed E-state index contributed by atoms with van der Waals surface area (Å²) in [6.45, 7) is 2.72. The predicted molar refractivity (Wildman–Crippen MR) is 146 cm³/mol. The fourth-order valence-electron chi connectivity index (χ4n) is 4.40. The molecule has 0 aliphatic carbocycles. The van der Waals surface area contributed by atoms with Crippen molar-refractivity contribution < 1.29 is 13.9 Å². The van der Waals surface area contributed by atoms with Gasteiger partial charge in [-0.15, -0.1) is 11.3 Å². The summed E-state index contributed by atoms with van der Waals surface area (Å²) in [5.41, 5.74) is 2.69. The number of carbonyl (C=O) groups is 1. The summed E-state index contributed by atoms with van der Waals surface area (Å²) in [5.74, 6) is 0.888. The van der Waals surface area contributed by atoms with Crippen molar-refractivity contribution in [3.8, 4) is 11.6 Å². The standard InChI is InChI=1S/C27H27BrFN5O2S/c1-33-12-10-21(11-13-33)34(15-19-2-6-20(29)7-3-19)27(35)30-14-18-4-8-22(9-5-18)36-26-25-24(31-17-32-26)23(28)16-37-25/h2-9,16-17,21H,10-15H2,1H3,(H,30,35). The lowest BCUT2D eigenvalue weighted by Crippen LogP contribution is -2.49. The minimum absolute atomic E-state index is 0.120. The van der Waals surface area contributed by atoms with E-state index in [2.05, 4.69) is 43.2 Å². The number of nitrogens with one attached hydrogen (secondary N) is 1. The lowest BCUT2D eigenvalue weighted by Gasteiger charge is -2.37. The molecule has 1 aliphatic heterocycles. The van der Waals surface area contributed by atoms with Gasteiger partial charge in [-0.25, -0.2) is 19.2 Å². The Labute approximate surface area is 227 Å². The number of benzene rings is 2. The second-order valence-corrected chi connectivity index (χ2v) is 10.9. The van der Waals surface area contributed by atoms with Gasteiger partial charge in [0.25, 0.3) is 0 Å². The van der Waals surface area contributed by atoms with Crippen LogP contribution < -0.4 is 10.1 Å². The van der Waals surface area contributed by atoms with Gasteiger partial charge in [0.15, 0.2) is 0 Å². The first kappa shape index (κ1) is 25.6. The minimum Gasteiger partial charge on any atom is -0.437 e. The number of ether oxygens (including phenoxy) is 1. The van der Waals surface area contributed by atoms with Crippen molar-refractivity contribution in [2.45, 2.75) is 32.0 Å². The van der Waals surface area contributed by atoms with Crippen molar-refractivity contribution in [3.63, 3.8) is 0 Å². The van der Waals surface area contributed by atoms with Gasteiger partial charge in [-0.1, -0.05) is 24.3 Å². The predicted octanol–water partition coefficient (Wildman–Crippen LogP) is 6.19. The summed E-state index contributed by atoms with van der Waals surface area (Å²) >= 11 is 5.01. The molecule has 10 heteroatoms. The number of urea groups is 1. The fourth-order valence-corrected chi connectivity index (χ4v) is 5.91. The van der Waals surface area contributed by atoms with Gasteiger partial charge >= 0.3 is 6.03 Å². The van der Waals surface area contributed by atoms with Crippen molar-refractivity contribution >= 4 is 43.5 Å². The molecule has 37 heavy (non-hydrogen) atoms. The Morgan fingerprint density at radius 2 is 1.84 bits per heavy atom. The molecule has 192 valence electrons. The zero-order valence-corrected chi connectivity index (χ0v) is 22.8. The van der Waals surface area contributed by atoms with Crippen LogP contribution in [0.2, 0.25) is 0 Å². The van der Waals surface area contributed by atoms with Crippen molar-refractivity contribution in [3.05, 3.63) is 81.7 Å². The Hall–Kier alpha value is -3.08. The quantitative estimate of drug-likeness (QED) is 0.281. The van der Waals surface area contributed by atoms with E-state index in [0.29, 0.717) is 24.7 Å². The summed E-state index contributed by atoms with van der Waals surface area (Å²) in [7, 11) is 2.10. The molecule has 4 aromatic rings. The van der Waals surface area contributed by atoms with E-state index >= 15 is 0 Å². The normalized spacial score (nSPS) is 14.6. The van der Waals surface area contributed by atoms with Crippen LogP contribution >= 0.6 is 27.3 Å². The summed E-state index contributed by atoms with van der Waals surface area (Å²) < 4.78 is 21.2. The molecule has 7 nitrogen and oxygen atoms in total. The van der Waals surface area contributed by atoms with E-state index in [-0.39, 0.29) is 17.9 Å². The Kier molecular flexibility index (Phi) is 7.97. The van der Waals surface area contributed by atoms with Crippen LogP contribution in [0.1, 0.15) is 24.0 Å². The van der Waals surface area contributed by atoms with E-state index < -0.39 is 0 Å². The average Bonchev–Trinajstić information content (AvgIpc) is 3.30. The number of piperidine rings is 1. The van der Waals surface area contributed by atoms with Gasteiger partial charge < -0.3 is 19.9 Å². The molecular formula is C27H27BrFN5O2S. The largest absolute Gasteiger partial charge is 0.437 e. The molecule has 2 aromatic heterocycles.